The molecule has 4 N–H and O–H groups in total. The first-order valence-corrected chi connectivity index (χ1v) is 6.61. The zero-order chi connectivity index (χ0) is 15.2. The van der Waals surface area contributed by atoms with Crippen LogP contribution in [0, 0.1) is 0 Å². The van der Waals surface area contributed by atoms with Crippen LogP contribution >= 0.6 is 24.6 Å². The number of thiocarbonyl (C=S) groups is 1. The van der Waals surface area contributed by atoms with E-state index in [-0.39, 0.29) is 23.4 Å². The van der Waals surface area contributed by atoms with Crippen molar-refractivity contribution in [3.8, 4) is 5.75 Å². The van der Waals surface area contributed by atoms with Gasteiger partial charge in [0.05, 0.1) is 7.11 Å². The average Bonchev–Trinajstić information content (AvgIpc) is 2.49. The molecular formula is C15H16ClN3O2S. The lowest BCUT2D eigenvalue weighted by Crippen LogP contribution is -2.34. The van der Waals surface area contributed by atoms with Gasteiger partial charge in [-0.15, -0.1) is 12.4 Å². The highest BCUT2D eigenvalue weighted by molar-refractivity contribution is 7.80. The summed E-state index contributed by atoms with van der Waals surface area (Å²) in [6.45, 7) is 0. The molecular weight excluding hydrogens is 322 g/mol. The molecule has 0 saturated carbocycles. The molecule has 0 saturated heterocycles. The lowest BCUT2D eigenvalue weighted by molar-refractivity contribution is 0.0977. The molecule has 1 amide bonds. The van der Waals surface area contributed by atoms with Gasteiger partial charge in [-0.3, -0.25) is 10.1 Å². The molecule has 2 rings (SSSR count). The van der Waals surface area contributed by atoms with Crippen molar-refractivity contribution in [3.63, 3.8) is 0 Å². The van der Waals surface area contributed by atoms with Crippen LogP contribution in [0.4, 0.5) is 11.4 Å². The van der Waals surface area contributed by atoms with E-state index in [1.54, 1.807) is 55.6 Å². The Morgan fingerprint density at radius 3 is 2.23 bits per heavy atom. The Labute approximate surface area is 140 Å². The molecule has 5 nitrogen and oxygen atoms in total. The fourth-order valence-electron chi connectivity index (χ4n) is 1.65. The van der Waals surface area contributed by atoms with Crippen molar-refractivity contribution in [3.05, 3.63) is 54.1 Å². The number of nitrogens with two attached hydrogens (primary N) is 1. The first kappa shape index (κ1) is 17.7. The minimum atomic E-state index is -0.286. The van der Waals surface area contributed by atoms with Crippen LogP contribution in [0.15, 0.2) is 48.5 Å². The number of rotatable bonds is 3. The molecule has 0 aliphatic rings. The van der Waals surface area contributed by atoms with Gasteiger partial charge in [-0.05, 0) is 60.7 Å². The SMILES string of the molecule is COc1ccc(C(=O)NC(=S)Nc2ccc(N)cc2)cc1.Cl. The maximum Gasteiger partial charge on any atom is 0.257 e. The summed E-state index contributed by atoms with van der Waals surface area (Å²) >= 11 is 5.09. The van der Waals surface area contributed by atoms with E-state index in [1.807, 2.05) is 0 Å². The Balaban J connectivity index is 0.00000242. The molecule has 0 aromatic heterocycles. The van der Waals surface area contributed by atoms with Crippen molar-refractivity contribution < 1.29 is 9.53 Å². The predicted molar refractivity (Wildman–Crippen MR) is 94.8 cm³/mol. The maximum atomic E-state index is 12.0. The zero-order valence-corrected chi connectivity index (χ0v) is 13.5. The summed E-state index contributed by atoms with van der Waals surface area (Å²) in [4.78, 5) is 12.0. The van der Waals surface area contributed by atoms with Crippen molar-refractivity contribution in [1.82, 2.24) is 5.32 Å². The molecule has 0 bridgehead atoms. The smallest absolute Gasteiger partial charge is 0.257 e. The van der Waals surface area contributed by atoms with Crippen LogP contribution < -0.4 is 21.1 Å². The number of methoxy groups -OCH3 is 1. The van der Waals surface area contributed by atoms with Crippen LogP contribution in [0.2, 0.25) is 0 Å². The molecule has 0 spiro atoms. The summed E-state index contributed by atoms with van der Waals surface area (Å²) in [5.41, 5.74) is 7.51. The first-order valence-electron chi connectivity index (χ1n) is 6.20. The topological polar surface area (TPSA) is 76.4 Å². The Morgan fingerprint density at radius 1 is 1.09 bits per heavy atom. The monoisotopic (exact) mass is 337 g/mol. The molecule has 0 atom stereocenters. The predicted octanol–water partition coefficient (Wildman–Crippen LogP) is 2.83. The Kier molecular flexibility index (Phi) is 6.62. The van der Waals surface area contributed by atoms with Gasteiger partial charge in [0.15, 0.2) is 5.11 Å². The lowest BCUT2D eigenvalue weighted by atomic mass is 10.2. The number of halogens is 1. The quantitative estimate of drug-likeness (QED) is 0.593. The van der Waals surface area contributed by atoms with Crippen LogP contribution in [-0.2, 0) is 0 Å². The molecule has 22 heavy (non-hydrogen) atoms. The third-order valence-electron chi connectivity index (χ3n) is 2.75. The van der Waals surface area contributed by atoms with Gasteiger partial charge < -0.3 is 15.8 Å². The van der Waals surface area contributed by atoms with E-state index in [2.05, 4.69) is 10.6 Å². The molecule has 0 radical (unpaired) electrons. The van der Waals surface area contributed by atoms with E-state index in [0.29, 0.717) is 17.0 Å². The van der Waals surface area contributed by atoms with E-state index < -0.39 is 0 Å². The average molecular weight is 338 g/mol. The van der Waals surface area contributed by atoms with E-state index in [1.165, 1.54) is 0 Å². The first-order chi connectivity index (χ1) is 10.1. The van der Waals surface area contributed by atoms with Crippen LogP contribution in [0.3, 0.4) is 0 Å². The van der Waals surface area contributed by atoms with E-state index >= 15 is 0 Å². The van der Waals surface area contributed by atoms with Crippen molar-refractivity contribution in [2.45, 2.75) is 0 Å². The number of nitrogen functional groups attached to an aromatic ring is 1. The number of hydrogen-bond acceptors (Lipinski definition) is 4. The van der Waals surface area contributed by atoms with Crippen molar-refractivity contribution >= 4 is 47.0 Å². The standard InChI is InChI=1S/C15H15N3O2S.ClH/c1-20-13-8-2-10(3-9-13)14(19)18-15(21)17-12-6-4-11(16)5-7-12;/h2-9H,16H2,1H3,(H2,17,18,19,21);1H. The van der Waals surface area contributed by atoms with Gasteiger partial charge in [0.1, 0.15) is 5.75 Å². The number of nitrogens with one attached hydrogen (secondary N) is 2. The maximum absolute atomic E-state index is 12.0. The molecule has 2 aromatic rings. The molecule has 116 valence electrons. The molecule has 2 aromatic carbocycles. The number of anilines is 2. The normalized spacial score (nSPS) is 9.32. The summed E-state index contributed by atoms with van der Waals surface area (Å²) < 4.78 is 5.04. The van der Waals surface area contributed by atoms with Crippen molar-refractivity contribution in [1.29, 1.82) is 0 Å². The highest BCUT2D eigenvalue weighted by Gasteiger charge is 2.08. The summed E-state index contributed by atoms with van der Waals surface area (Å²) in [7, 11) is 1.57. The molecule has 0 unspecified atom stereocenters. The number of carbonyl (C=O) groups excluding carboxylic acids is 1. The third-order valence-corrected chi connectivity index (χ3v) is 2.95. The second-order valence-corrected chi connectivity index (χ2v) is 4.67. The van der Waals surface area contributed by atoms with E-state index in [4.69, 9.17) is 22.7 Å². The van der Waals surface area contributed by atoms with Gasteiger partial charge in [-0.2, -0.15) is 0 Å². The number of hydrogen-bond donors (Lipinski definition) is 3. The van der Waals surface area contributed by atoms with Gasteiger partial charge >= 0.3 is 0 Å². The number of amides is 1. The highest BCUT2D eigenvalue weighted by atomic mass is 35.5. The number of benzene rings is 2. The van der Waals surface area contributed by atoms with Crippen molar-refractivity contribution in [2.24, 2.45) is 0 Å². The Hall–Kier alpha value is -2.31. The lowest BCUT2D eigenvalue weighted by Gasteiger charge is -2.10. The summed E-state index contributed by atoms with van der Waals surface area (Å²) in [6, 6.07) is 13.8. The van der Waals surface area contributed by atoms with E-state index in [0.717, 1.165) is 5.69 Å². The van der Waals surface area contributed by atoms with E-state index in [9.17, 15) is 4.79 Å². The minimum absolute atomic E-state index is 0. The van der Waals surface area contributed by atoms with Gasteiger partial charge in [0, 0.05) is 16.9 Å². The second kappa shape index (κ2) is 8.21. The van der Waals surface area contributed by atoms with Gasteiger partial charge in [-0.1, -0.05) is 0 Å². The van der Waals surface area contributed by atoms with Crippen LogP contribution in [-0.4, -0.2) is 18.1 Å². The largest absolute Gasteiger partial charge is 0.497 e. The number of ether oxygens (including phenoxy) is 1. The van der Waals surface area contributed by atoms with Gasteiger partial charge in [0.25, 0.3) is 5.91 Å². The Morgan fingerprint density at radius 2 is 1.68 bits per heavy atom. The zero-order valence-electron chi connectivity index (χ0n) is 11.8. The highest BCUT2D eigenvalue weighted by Crippen LogP contribution is 2.12. The fourth-order valence-corrected chi connectivity index (χ4v) is 1.86. The van der Waals surface area contributed by atoms with Gasteiger partial charge in [0.2, 0.25) is 0 Å². The molecule has 0 aliphatic carbocycles. The molecule has 7 heteroatoms. The van der Waals surface area contributed by atoms with Crippen LogP contribution in [0.25, 0.3) is 0 Å². The summed E-state index contributed by atoms with van der Waals surface area (Å²) in [6.07, 6.45) is 0. The second-order valence-electron chi connectivity index (χ2n) is 4.26. The fraction of sp³-hybridized carbons (Fsp3) is 0.0667. The molecule has 0 aliphatic heterocycles. The minimum Gasteiger partial charge on any atom is -0.497 e. The summed E-state index contributed by atoms with van der Waals surface area (Å²) in [5.74, 6) is 0.403. The third kappa shape index (κ3) is 4.91. The number of carbonyl (C=O) groups is 1. The van der Waals surface area contributed by atoms with Crippen LogP contribution in [0.5, 0.6) is 5.75 Å². The van der Waals surface area contributed by atoms with Crippen LogP contribution in [0.1, 0.15) is 10.4 Å². The van der Waals surface area contributed by atoms with Crippen molar-refractivity contribution in [2.75, 3.05) is 18.2 Å². The Bertz CT molecular complexity index is 645. The summed E-state index contributed by atoms with van der Waals surface area (Å²) in [5, 5.41) is 5.74. The molecule has 0 fully saturated rings. The molecule has 0 heterocycles. The van der Waals surface area contributed by atoms with Gasteiger partial charge in [-0.25, -0.2) is 0 Å².